The smallest absolute Gasteiger partial charge is 0.0784 e. The molecular weight excluding hydrogens is 80.0 g/mol. The van der Waals surface area contributed by atoms with Crippen molar-refractivity contribution in [1.29, 1.82) is 0 Å². The van der Waals surface area contributed by atoms with Crippen LogP contribution in [0, 0.1) is 0 Å². The van der Waals surface area contributed by atoms with Crippen LogP contribution in [0.25, 0.3) is 0 Å². The van der Waals surface area contributed by atoms with Crippen molar-refractivity contribution in [3.05, 3.63) is 0 Å². The molecule has 0 aromatic carbocycles. The van der Waals surface area contributed by atoms with Gasteiger partial charge in [-0.2, -0.15) is 5.06 Å². The summed E-state index contributed by atoms with van der Waals surface area (Å²) in [4.78, 5) is 0. The molecule has 0 saturated carbocycles. The molecule has 0 bridgehead atoms. The fourth-order valence-corrected chi connectivity index (χ4v) is 0. The van der Waals surface area contributed by atoms with Gasteiger partial charge < -0.3 is 10.9 Å². The van der Waals surface area contributed by atoms with Crippen LogP contribution in [0.2, 0.25) is 0 Å². The Bertz CT molecular complexity index is 29.8. The minimum atomic E-state index is -0.259. The molecule has 3 nitrogen and oxygen atoms in total. The topological polar surface area (TPSA) is 49.5 Å². The highest BCUT2D eigenvalue weighted by atomic mass is 16.5. The first-order valence-corrected chi connectivity index (χ1v) is 1.82. The van der Waals surface area contributed by atoms with E-state index in [1.165, 1.54) is 7.05 Å². The second kappa shape index (κ2) is 2.12. The standard InChI is InChI=1S/C3H10N2O/c1-3(4)5(2)6/h3,6H,4H2,1-2H3. The number of nitrogens with zero attached hydrogens (tertiary/aromatic N) is 1. The molecule has 0 amide bonds. The first kappa shape index (κ1) is 5.88. The summed E-state index contributed by atoms with van der Waals surface area (Å²) in [7, 11) is 1.50. The lowest BCUT2D eigenvalue weighted by Gasteiger charge is -2.10. The molecule has 0 saturated heterocycles. The van der Waals surface area contributed by atoms with Gasteiger partial charge in [-0.3, -0.25) is 0 Å². The van der Waals surface area contributed by atoms with Crippen LogP contribution in [-0.4, -0.2) is 23.5 Å². The number of hydrogen-bond donors (Lipinski definition) is 2. The Morgan fingerprint density at radius 1 is 1.83 bits per heavy atom. The highest BCUT2D eigenvalue weighted by Crippen LogP contribution is 1.74. The Hall–Kier alpha value is -0.120. The predicted molar refractivity (Wildman–Crippen MR) is 23.2 cm³/mol. The fourth-order valence-electron chi connectivity index (χ4n) is 0. The van der Waals surface area contributed by atoms with Crippen molar-refractivity contribution in [2.24, 2.45) is 5.73 Å². The molecule has 0 aliphatic rings. The van der Waals surface area contributed by atoms with E-state index in [0.717, 1.165) is 5.06 Å². The maximum Gasteiger partial charge on any atom is 0.0784 e. The average Bonchev–Trinajstić information content (AvgIpc) is 1.36. The summed E-state index contributed by atoms with van der Waals surface area (Å²) in [6.45, 7) is 1.69. The minimum Gasteiger partial charge on any atom is -0.314 e. The Labute approximate surface area is 37.3 Å². The number of hydroxylamine groups is 2. The molecule has 0 spiro atoms. The lowest BCUT2D eigenvalue weighted by atomic mass is 10.6. The van der Waals surface area contributed by atoms with Gasteiger partial charge in [0.15, 0.2) is 0 Å². The Morgan fingerprint density at radius 2 is 2.00 bits per heavy atom. The normalized spacial score (nSPS) is 15.5. The first-order valence-electron chi connectivity index (χ1n) is 1.82. The summed E-state index contributed by atoms with van der Waals surface area (Å²) in [6, 6.07) is 0. The zero-order chi connectivity index (χ0) is 5.15. The zero-order valence-corrected chi connectivity index (χ0v) is 4.05. The van der Waals surface area contributed by atoms with Crippen LogP contribution in [0.15, 0.2) is 0 Å². The van der Waals surface area contributed by atoms with Gasteiger partial charge in [0, 0.05) is 7.05 Å². The van der Waals surface area contributed by atoms with Gasteiger partial charge >= 0.3 is 0 Å². The second-order valence-corrected chi connectivity index (χ2v) is 1.31. The highest BCUT2D eigenvalue weighted by molar-refractivity contribution is 4.36. The quantitative estimate of drug-likeness (QED) is 0.340. The van der Waals surface area contributed by atoms with Crippen molar-refractivity contribution >= 4 is 0 Å². The van der Waals surface area contributed by atoms with E-state index in [4.69, 9.17) is 10.9 Å². The molecule has 3 N–H and O–H groups in total. The lowest BCUT2D eigenvalue weighted by Crippen LogP contribution is -2.33. The third kappa shape index (κ3) is 2.14. The van der Waals surface area contributed by atoms with Crippen molar-refractivity contribution in [1.82, 2.24) is 5.06 Å². The summed E-state index contributed by atoms with van der Waals surface area (Å²) in [6.07, 6.45) is -0.259. The van der Waals surface area contributed by atoms with E-state index in [0.29, 0.717) is 0 Å². The van der Waals surface area contributed by atoms with Crippen molar-refractivity contribution in [2.75, 3.05) is 7.05 Å². The summed E-state index contributed by atoms with van der Waals surface area (Å²) < 4.78 is 0. The van der Waals surface area contributed by atoms with Gasteiger partial charge in [0.05, 0.1) is 6.17 Å². The van der Waals surface area contributed by atoms with Gasteiger partial charge in [-0.05, 0) is 6.92 Å². The van der Waals surface area contributed by atoms with Gasteiger partial charge in [0.25, 0.3) is 0 Å². The lowest BCUT2D eigenvalue weighted by molar-refractivity contribution is -0.0948. The van der Waals surface area contributed by atoms with Crippen LogP contribution in [0.5, 0.6) is 0 Å². The van der Waals surface area contributed by atoms with E-state index < -0.39 is 0 Å². The van der Waals surface area contributed by atoms with Gasteiger partial charge in [-0.25, -0.2) is 0 Å². The Kier molecular flexibility index (Phi) is 2.08. The van der Waals surface area contributed by atoms with Crippen molar-refractivity contribution < 1.29 is 5.21 Å². The van der Waals surface area contributed by atoms with Crippen molar-refractivity contribution in [3.63, 3.8) is 0 Å². The average molecular weight is 90.1 g/mol. The third-order valence-corrected chi connectivity index (χ3v) is 0.589. The van der Waals surface area contributed by atoms with Crippen LogP contribution >= 0.6 is 0 Å². The molecule has 1 unspecified atom stereocenters. The maximum atomic E-state index is 8.34. The molecule has 0 aromatic rings. The van der Waals surface area contributed by atoms with Gasteiger partial charge in [0.2, 0.25) is 0 Å². The van der Waals surface area contributed by atoms with Crippen LogP contribution < -0.4 is 5.73 Å². The van der Waals surface area contributed by atoms with Gasteiger partial charge in [0.1, 0.15) is 0 Å². The maximum absolute atomic E-state index is 8.34. The van der Waals surface area contributed by atoms with Gasteiger partial charge in [-0.1, -0.05) is 0 Å². The molecule has 38 valence electrons. The molecule has 0 fully saturated rings. The third-order valence-electron chi connectivity index (χ3n) is 0.589. The summed E-state index contributed by atoms with van der Waals surface area (Å²) >= 11 is 0. The summed E-state index contributed by atoms with van der Waals surface area (Å²) in [5.74, 6) is 0. The van der Waals surface area contributed by atoms with E-state index in [9.17, 15) is 0 Å². The van der Waals surface area contributed by atoms with Gasteiger partial charge in [-0.15, -0.1) is 0 Å². The number of nitrogens with two attached hydrogens (primary N) is 1. The number of rotatable bonds is 1. The number of hydrogen-bond acceptors (Lipinski definition) is 3. The molecule has 1 atom stereocenters. The molecule has 6 heavy (non-hydrogen) atoms. The first-order chi connectivity index (χ1) is 2.64. The van der Waals surface area contributed by atoms with E-state index >= 15 is 0 Å². The van der Waals surface area contributed by atoms with Crippen LogP contribution in [0.1, 0.15) is 6.92 Å². The highest BCUT2D eigenvalue weighted by Gasteiger charge is 1.92. The Balaban J connectivity index is 2.99. The fraction of sp³-hybridized carbons (Fsp3) is 1.00. The van der Waals surface area contributed by atoms with Crippen LogP contribution in [0.3, 0.4) is 0 Å². The largest absolute Gasteiger partial charge is 0.314 e. The molecule has 0 heterocycles. The van der Waals surface area contributed by atoms with Crippen LogP contribution in [-0.2, 0) is 0 Å². The zero-order valence-electron chi connectivity index (χ0n) is 4.05. The molecule has 0 rings (SSSR count). The molecule has 0 aliphatic heterocycles. The molecule has 0 aromatic heterocycles. The minimum absolute atomic E-state index is 0.259. The van der Waals surface area contributed by atoms with Crippen molar-refractivity contribution in [2.45, 2.75) is 13.1 Å². The van der Waals surface area contributed by atoms with E-state index in [2.05, 4.69) is 0 Å². The summed E-state index contributed by atoms with van der Waals surface area (Å²) in [5.41, 5.74) is 5.11. The second-order valence-electron chi connectivity index (χ2n) is 1.31. The monoisotopic (exact) mass is 90.1 g/mol. The van der Waals surface area contributed by atoms with E-state index in [-0.39, 0.29) is 6.17 Å². The van der Waals surface area contributed by atoms with Crippen LogP contribution in [0.4, 0.5) is 0 Å². The van der Waals surface area contributed by atoms with E-state index in [1.54, 1.807) is 6.92 Å². The Morgan fingerprint density at radius 3 is 2.00 bits per heavy atom. The molecule has 0 aliphatic carbocycles. The summed E-state index contributed by atoms with van der Waals surface area (Å²) in [5, 5.41) is 9.28. The predicted octanol–water partition coefficient (Wildman–Crippen LogP) is -0.388. The molecular formula is C3H10N2O. The van der Waals surface area contributed by atoms with E-state index in [1.807, 2.05) is 0 Å². The SMILES string of the molecule is CC(N)N(C)O. The molecule has 3 heteroatoms. The molecule has 0 radical (unpaired) electrons. The van der Waals surface area contributed by atoms with Crippen molar-refractivity contribution in [3.8, 4) is 0 Å².